The number of aliphatic hydroxyl groups excluding tert-OH is 1. The van der Waals surface area contributed by atoms with Crippen LogP contribution < -0.4 is 9.47 Å². The van der Waals surface area contributed by atoms with Gasteiger partial charge in [0, 0.05) is 14.1 Å². The normalized spacial score (nSPS) is 11.7. The molecular formula is C13H18N2O6. The van der Waals surface area contributed by atoms with E-state index in [0.717, 1.165) is 6.07 Å². The third-order valence-electron chi connectivity index (χ3n) is 2.82. The first-order chi connectivity index (χ1) is 9.81. The van der Waals surface area contributed by atoms with Gasteiger partial charge in [0.05, 0.1) is 30.3 Å². The lowest BCUT2D eigenvalue weighted by Gasteiger charge is -2.19. The van der Waals surface area contributed by atoms with Crippen LogP contribution in [0.5, 0.6) is 11.5 Å². The van der Waals surface area contributed by atoms with Gasteiger partial charge in [0.25, 0.3) is 11.6 Å². The van der Waals surface area contributed by atoms with E-state index < -0.39 is 17.6 Å². The van der Waals surface area contributed by atoms with Crippen LogP contribution in [-0.4, -0.2) is 48.1 Å². The molecule has 0 aliphatic heterocycles. The fourth-order valence-corrected chi connectivity index (χ4v) is 1.74. The minimum Gasteiger partial charge on any atom is -0.493 e. The van der Waals surface area contributed by atoms with Crippen LogP contribution in [0.3, 0.4) is 0 Å². The summed E-state index contributed by atoms with van der Waals surface area (Å²) in [6, 6.07) is 2.46. The first kappa shape index (κ1) is 16.7. The zero-order chi connectivity index (χ0) is 16.2. The molecule has 0 saturated carbocycles. The van der Waals surface area contributed by atoms with Gasteiger partial charge in [0.1, 0.15) is 0 Å². The van der Waals surface area contributed by atoms with Gasteiger partial charge < -0.3 is 19.5 Å². The van der Waals surface area contributed by atoms with Crippen LogP contribution in [0.15, 0.2) is 12.1 Å². The number of aliphatic hydroxyl groups is 1. The Kier molecular flexibility index (Phi) is 5.48. The van der Waals surface area contributed by atoms with Crippen LogP contribution in [0, 0.1) is 10.1 Å². The van der Waals surface area contributed by atoms with E-state index in [1.54, 1.807) is 14.1 Å². The standard InChI is InChI=1S/C13H18N2O6/c1-8(13(17)14(2)3)21-12-6-10(15(18)19)9(7-16)5-11(12)20-4/h5-6,8,16H,7H2,1-4H3. The summed E-state index contributed by atoms with van der Waals surface area (Å²) in [6.07, 6.45) is -0.825. The van der Waals surface area contributed by atoms with Gasteiger partial charge in [-0.15, -0.1) is 0 Å². The second kappa shape index (κ2) is 6.89. The highest BCUT2D eigenvalue weighted by Crippen LogP contribution is 2.35. The average molecular weight is 298 g/mol. The molecule has 0 spiro atoms. The molecular weight excluding hydrogens is 280 g/mol. The summed E-state index contributed by atoms with van der Waals surface area (Å²) >= 11 is 0. The van der Waals surface area contributed by atoms with Crippen LogP contribution in [0.4, 0.5) is 5.69 Å². The number of nitro benzene ring substituents is 1. The van der Waals surface area contributed by atoms with Crippen LogP contribution in [0.25, 0.3) is 0 Å². The van der Waals surface area contributed by atoms with Gasteiger partial charge in [0.15, 0.2) is 17.6 Å². The lowest BCUT2D eigenvalue weighted by Crippen LogP contribution is -2.35. The number of hydrogen-bond acceptors (Lipinski definition) is 6. The predicted molar refractivity (Wildman–Crippen MR) is 74.4 cm³/mol. The van der Waals surface area contributed by atoms with Crippen molar-refractivity contribution in [2.24, 2.45) is 0 Å². The number of carbonyl (C=O) groups excluding carboxylic acids is 1. The molecule has 1 N–H and O–H groups in total. The van der Waals surface area contributed by atoms with E-state index >= 15 is 0 Å². The van der Waals surface area contributed by atoms with E-state index in [1.807, 2.05) is 0 Å². The molecule has 1 aromatic rings. The van der Waals surface area contributed by atoms with Crippen LogP contribution in [0.1, 0.15) is 12.5 Å². The monoisotopic (exact) mass is 298 g/mol. The van der Waals surface area contributed by atoms with Crippen LogP contribution >= 0.6 is 0 Å². The second-order valence-electron chi connectivity index (χ2n) is 4.54. The molecule has 0 bridgehead atoms. The summed E-state index contributed by atoms with van der Waals surface area (Å²) in [6.45, 7) is 1.03. The van der Waals surface area contributed by atoms with Crippen molar-refractivity contribution >= 4 is 11.6 Å². The number of likely N-dealkylation sites (N-methyl/N-ethyl adjacent to an activating group) is 1. The van der Waals surface area contributed by atoms with Crippen molar-refractivity contribution in [3.8, 4) is 11.5 Å². The van der Waals surface area contributed by atoms with Crippen molar-refractivity contribution < 1.29 is 24.3 Å². The maximum Gasteiger partial charge on any atom is 0.278 e. The largest absolute Gasteiger partial charge is 0.493 e. The Balaban J connectivity index is 3.19. The topological polar surface area (TPSA) is 102 Å². The van der Waals surface area contributed by atoms with Gasteiger partial charge in [-0.25, -0.2) is 0 Å². The Labute approximate surface area is 122 Å². The lowest BCUT2D eigenvalue weighted by molar-refractivity contribution is -0.386. The van der Waals surface area contributed by atoms with E-state index in [4.69, 9.17) is 14.6 Å². The van der Waals surface area contributed by atoms with Crippen molar-refractivity contribution in [1.29, 1.82) is 0 Å². The van der Waals surface area contributed by atoms with E-state index in [1.165, 1.54) is 25.0 Å². The fraction of sp³-hybridized carbons (Fsp3) is 0.462. The number of rotatable bonds is 6. The van der Waals surface area contributed by atoms with Crippen LogP contribution in [-0.2, 0) is 11.4 Å². The molecule has 1 aromatic carbocycles. The zero-order valence-electron chi connectivity index (χ0n) is 12.3. The lowest BCUT2D eigenvalue weighted by atomic mass is 10.1. The molecule has 116 valence electrons. The Hall–Kier alpha value is -2.35. The Morgan fingerprint density at radius 1 is 1.43 bits per heavy atom. The molecule has 1 rings (SSSR count). The Morgan fingerprint density at radius 3 is 2.48 bits per heavy atom. The number of benzene rings is 1. The number of methoxy groups -OCH3 is 1. The van der Waals surface area contributed by atoms with Gasteiger partial charge in [-0.1, -0.05) is 0 Å². The molecule has 0 heterocycles. The molecule has 0 fully saturated rings. The van der Waals surface area contributed by atoms with E-state index in [2.05, 4.69) is 0 Å². The molecule has 0 aliphatic rings. The summed E-state index contributed by atoms with van der Waals surface area (Å²) in [5, 5.41) is 20.1. The highest BCUT2D eigenvalue weighted by Gasteiger charge is 2.23. The van der Waals surface area contributed by atoms with Crippen molar-refractivity contribution in [2.45, 2.75) is 19.6 Å². The maximum absolute atomic E-state index is 11.8. The first-order valence-corrected chi connectivity index (χ1v) is 6.15. The quantitative estimate of drug-likeness (QED) is 0.619. The van der Waals surface area contributed by atoms with Crippen molar-refractivity contribution in [3.63, 3.8) is 0 Å². The molecule has 21 heavy (non-hydrogen) atoms. The van der Waals surface area contributed by atoms with Crippen molar-refractivity contribution in [3.05, 3.63) is 27.8 Å². The minimum absolute atomic E-state index is 0.0732. The highest BCUT2D eigenvalue weighted by molar-refractivity contribution is 5.80. The third kappa shape index (κ3) is 3.82. The number of hydrogen-bond donors (Lipinski definition) is 1. The summed E-state index contributed by atoms with van der Waals surface area (Å²) in [5.41, 5.74) is -0.186. The molecule has 8 heteroatoms. The summed E-state index contributed by atoms with van der Waals surface area (Å²) in [5.74, 6) is -0.00176. The van der Waals surface area contributed by atoms with Crippen molar-refractivity contribution in [2.75, 3.05) is 21.2 Å². The van der Waals surface area contributed by atoms with Crippen molar-refractivity contribution in [1.82, 2.24) is 4.90 Å². The molecule has 1 atom stereocenters. The summed E-state index contributed by atoms with van der Waals surface area (Å²) in [7, 11) is 4.53. The fourth-order valence-electron chi connectivity index (χ4n) is 1.74. The van der Waals surface area contributed by atoms with Gasteiger partial charge in [-0.3, -0.25) is 14.9 Å². The molecule has 1 unspecified atom stereocenters. The molecule has 0 aliphatic carbocycles. The van der Waals surface area contributed by atoms with E-state index in [-0.39, 0.29) is 28.7 Å². The molecule has 0 saturated heterocycles. The average Bonchev–Trinajstić information content (AvgIpc) is 2.45. The number of carbonyl (C=O) groups is 1. The molecule has 0 radical (unpaired) electrons. The van der Waals surface area contributed by atoms with Gasteiger partial charge in [0.2, 0.25) is 0 Å². The molecule has 8 nitrogen and oxygen atoms in total. The molecule has 0 aromatic heterocycles. The number of ether oxygens (including phenoxy) is 2. The van der Waals surface area contributed by atoms with E-state index in [9.17, 15) is 14.9 Å². The Morgan fingerprint density at radius 2 is 2.05 bits per heavy atom. The molecule has 1 amide bonds. The maximum atomic E-state index is 11.8. The second-order valence-corrected chi connectivity index (χ2v) is 4.54. The smallest absolute Gasteiger partial charge is 0.278 e. The van der Waals surface area contributed by atoms with Gasteiger partial charge in [-0.2, -0.15) is 0 Å². The minimum atomic E-state index is -0.825. The highest BCUT2D eigenvalue weighted by atomic mass is 16.6. The van der Waals surface area contributed by atoms with E-state index in [0.29, 0.717) is 0 Å². The number of nitrogens with zero attached hydrogens (tertiary/aromatic N) is 2. The summed E-state index contributed by atoms with van der Waals surface area (Å²) < 4.78 is 10.5. The predicted octanol–water partition coefficient (Wildman–Crippen LogP) is 0.951. The first-order valence-electron chi connectivity index (χ1n) is 6.15. The number of amides is 1. The third-order valence-corrected chi connectivity index (χ3v) is 2.82. The zero-order valence-corrected chi connectivity index (χ0v) is 12.3. The van der Waals surface area contributed by atoms with Gasteiger partial charge >= 0.3 is 0 Å². The number of nitro groups is 1. The Bertz CT molecular complexity index is 544. The van der Waals surface area contributed by atoms with Gasteiger partial charge in [-0.05, 0) is 13.0 Å². The SMILES string of the molecule is COc1cc(CO)c([N+](=O)[O-])cc1OC(C)C(=O)N(C)C. The van der Waals surface area contributed by atoms with Crippen LogP contribution in [0.2, 0.25) is 0 Å². The summed E-state index contributed by atoms with van der Waals surface area (Å²) in [4.78, 5) is 23.5.